The van der Waals surface area contributed by atoms with Crippen molar-refractivity contribution in [2.75, 3.05) is 6.54 Å². The van der Waals surface area contributed by atoms with Crippen molar-refractivity contribution in [1.82, 2.24) is 4.90 Å². The van der Waals surface area contributed by atoms with Gasteiger partial charge < -0.3 is 4.90 Å². The molecule has 0 saturated heterocycles. The zero-order valence-electron chi connectivity index (χ0n) is 10.0. The predicted molar refractivity (Wildman–Crippen MR) is 67.7 cm³/mol. The summed E-state index contributed by atoms with van der Waals surface area (Å²) in [5.74, 6) is 0.153. The molecule has 0 aromatic heterocycles. The lowest BCUT2D eigenvalue weighted by atomic mass is 10.1. The zero-order chi connectivity index (χ0) is 12.1. The number of carbonyl (C=O) groups is 1. The van der Waals surface area contributed by atoms with E-state index in [-0.39, 0.29) is 11.9 Å². The lowest BCUT2D eigenvalue weighted by molar-refractivity contribution is -0.131. The van der Waals surface area contributed by atoms with Crippen molar-refractivity contribution in [2.24, 2.45) is 0 Å². The highest BCUT2D eigenvalue weighted by Crippen LogP contribution is 2.12. The standard InChI is InChI=1S/C13H18ClNO/c1-4-15(10(2)3)13(16)9-11-6-5-7-12(14)8-11/h5-8,10H,4,9H2,1-3H3. The molecule has 0 saturated carbocycles. The number of rotatable bonds is 4. The average molecular weight is 240 g/mol. The Balaban J connectivity index is 2.70. The van der Waals surface area contributed by atoms with Crippen LogP contribution < -0.4 is 0 Å². The third kappa shape index (κ3) is 3.53. The van der Waals surface area contributed by atoms with Gasteiger partial charge in [-0.05, 0) is 38.5 Å². The topological polar surface area (TPSA) is 20.3 Å². The second-order valence-corrected chi connectivity index (χ2v) is 4.52. The summed E-state index contributed by atoms with van der Waals surface area (Å²) in [6.45, 7) is 6.80. The van der Waals surface area contributed by atoms with E-state index in [1.807, 2.05) is 49.9 Å². The molecular formula is C13H18ClNO. The molecule has 1 amide bonds. The first-order chi connectivity index (χ1) is 7.54. The Morgan fingerprint density at radius 3 is 2.62 bits per heavy atom. The number of hydrogen-bond donors (Lipinski definition) is 0. The van der Waals surface area contributed by atoms with Crippen LogP contribution in [0.5, 0.6) is 0 Å². The van der Waals surface area contributed by atoms with Gasteiger partial charge in [0.05, 0.1) is 6.42 Å². The smallest absolute Gasteiger partial charge is 0.227 e. The van der Waals surface area contributed by atoms with E-state index >= 15 is 0 Å². The van der Waals surface area contributed by atoms with Gasteiger partial charge >= 0.3 is 0 Å². The third-order valence-corrected chi connectivity index (χ3v) is 2.76. The van der Waals surface area contributed by atoms with Gasteiger partial charge in [0.25, 0.3) is 0 Å². The highest BCUT2D eigenvalue weighted by atomic mass is 35.5. The molecular weight excluding hydrogens is 222 g/mol. The summed E-state index contributed by atoms with van der Waals surface area (Å²) in [5.41, 5.74) is 0.969. The Labute approximate surface area is 102 Å². The van der Waals surface area contributed by atoms with Gasteiger partial charge in [0.1, 0.15) is 0 Å². The second kappa shape index (κ2) is 5.90. The monoisotopic (exact) mass is 239 g/mol. The minimum atomic E-state index is 0.153. The first-order valence-corrected chi connectivity index (χ1v) is 5.96. The third-order valence-electron chi connectivity index (χ3n) is 2.53. The molecule has 3 heteroatoms. The molecule has 88 valence electrons. The van der Waals surface area contributed by atoms with Crippen LogP contribution in [0.15, 0.2) is 24.3 Å². The van der Waals surface area contributed by atoms with Gasteiger partial charge in [-0.2, -0.15) is 0 Å². The number of hydrogen-bond acceptors (Lipinski definition) is 1. The van der Waals surface area contributed by atoms with Crippen molar-refractivity contribution < 1.29 is 4.79 Å². The Morgan fingerprint density at radius 1 is 1.44 bits per heavy atom. The molecule has 1 rings (SSSR count). The number of halogens is 1. The molecule has 2 nitrogen and oxygen atoms in total. The summed E-state index contributed by atoms with van der Waals surface area (Å²) in [4.78, 5) is 13.8. The summed E-state index contributed by atoms with van der Waals surface area (Å²) in [6, 6.07) is 7.70. The average Bonchev–Trinajstić information content (AvgIpc) is 2.17. The van der Waals surface area contributed by atoms with Crippen molar-refractivity contribution in [3.63, 3.8) is 0 Å². The van der Waals surface area contributed by atoms with Gasteiger partial charge in [-0.15, -0.1) is 0 Å². The molecule has 0 unspecified atom stereocenters. The maximum atomic E-state index is 12.0. The molecule has 0 aliphatic carbocycles. The molecule has 0 fully saturated rings. The van der Waals surface area contributed by atoms with Crippen LogP contribution in [0.3, 0.4) is 0 Å². The summed E-state index contributed by atoms with van der Waals surface area (Å²) in [5, 5.41) is 0.679. The highest BCUT2D eigenvalue weighted by Gasteiger charge is 2.14. The van der Waals surface area contributed by atoms with Crippen molar-refractivity contribution in [3.05, 3.63) is 34.9 Å². The maximum Gasteiger partial charge on any atom is 0.227 e. The van der Waals surface area contributed by atoms with Crippen LogP contribution in [0.4, 0.5) is 0 Å². The summed E-state index contributed by atoms with van der Waals surface area (Å²) in [6.07, 6.45) is 0.423. The molecule has 1 aromatic carbocycles. The van der Waals surface area contributed by atoms with E-state index < -0.39 is 0 Å². The molecule has 0 N–H and O–H groups in total. The maximum absolute atomic E-state index is 12.0. The Morgan fingerprint density at radius 2 is 2.12 bits per heavy atom. The fourth-order valence-electron chi connectivity index (χ4n) is 1.75. The first kappa shape index (κ1) is 13.0. The van der Waals surface area contributed by atoms with Crippen molar-refractivity contribution in [3.8, 4) is 0 Å². The lowest BCUT2D eigenvalue weighted by Crippen LogP contribution is -2.37. The van der Waals surface area contributed by atoms with Crippen LogP contribution in [-0.2, 0) is 11.2 Å². The van der Waals surface area contributed by atoms with Crippen LogP contribution in [0.2, 0.25) is 5.02 Å². The molecule has 16 heavy (non-hydrogen) atoms. The van der Waals surface area contributed by atoms with Gasteiger partial charge in [-0.25, -0.2) is 0 Å². The van der Waals surface area contributed by atoms with E-state index in [4.69, 9.17) is 11.6 Å². The Hall–Kier alpha value is -1.02. The second-order valence-electron chi connectivity index (χ2n) is 4.08. The normalized spacial score (nSPS) is 10.6. The number of benzene rings is 1. The van der Waals surface area contributed by atoms with Crippen LogP contribution in [0.1, 0.15) is 26.3 Å². The van der Waals surface area contributed by atoms with Crippen molar-refractivity contribution in [2.45, 2.75) is 33.2 Å². The molecule has 0 aliphatic rings. The Kier molecular flexibility index (Phi) is 4.81. The predicted octanol–water partition coefficient (Wildman–Crippen LogP) is 3.14. The van der Waals surface area contributed by atoms with Gasteiger partial charge in [0.2, 0.25) is 5.91 Å². The van der Waals surface area contributed by atoms with E-state index in [1.54, 1.807) is 0 Å². The molecule has 0 aliphatic heterocycles. The number of amides is 1. The molecule has 0 spiro atoms. The number of carbonyl (C=O) groups excluding carboxylic acids is 1. The number of likely N-dealkylation sites (N-methyl/N-ethyl adjacent to an activating group) is 1. The summed E-state index contributed by atoms with van der Waals surface area (Å²) in [7, 11) is 0. The van der Waals surface area contributed by atoms with E-state index in [1.165, 1.54) is 0 Å². The Bertz CT molecular complexity index is 363. The van der Waals surface area contributed by atoms with E-state index in [9.17, 15) is 4.79 Å². The van der Waals surface area contributed by atoms with Crippen molar-refractivity contribution >= 4 is 17.5 Å². The van der Waals surface area contributed by atoms with E-state index in [0.717, 1.165) is 12.1 Å². The lowest BCUT2D eigenvalue weighted by Gasteiger charge is -2.25. The number of nitrogens with zero attached hydrogens (tertiary/aromatic N) is 1. The molecule has 0 heterocycles. The highest BCUT2D eigenvalue weighted by molar-refractivity contribution is 6.30. The van der Waals surface area contributed by atoms with E-state index in [0.29, 0.717) is 11.4 Å². The largest absolute Gasteiger partial charge is 0.340 e. The van der Waals surface area contributed by atoms with Gasteiger partial charge in [-0.3, -0.25) is 4.79 Å². The molecule has 0 atom stereocenters. The molecule has 1 aromatic rings. The first-order valence-electron chi connectivity index (χ1n) is 5.58. The summed E-state index contributed by atoms with van der Waals surface area (Å²) < 4.78 is 0. The summed E-state index contributed by atoms with van der Waals surface area (Å²) >= 11 is 5.88. The fraction of sp³-hybridized carbons (Fsp3) is 0.462. The van der Waals surface area contributed by atoms with Crippen LogP contribution >= 0.6 is 11.6 Å². The fourth-order valence-corrected chi connectivity index (χ4v) is 1.97. The quantitative estimate of drug-likeness (QED) is 0.791. The minimum absolute atomic E-state index is 0.153. The molecule has 0 radical (unpaired) electrons. The van der Waals surface area contributed by atoms with Crippen LogP contribution in [0.25, 0.3) is 0 Å². The van der Waals surface area contributed by atoms with Gasteiger partial charge in [-0.1, -0.05) is 23.7 Å². The minimum Gasteiger partial charge on any atom is -0.340 e. The van der Waals surface area contributed by atoms with E-state index in [2.05, 4.69) is 0 Å². The SMILES string of the molecule is CCN(C(=O)Cc1cccc(Cl)c1)C(C)C. The van der Waals surface area contributed by atoms with Crippen molar-refractivity contribution in [1.29, 1.82) is 0 Å². The van der Waals surface area contributed by atoms with Crippen LogP contribution in [-0.4, -0.2) is 23.4 Å². The van der Waals surface area contributed by atoms with Gasteiger partial charge in [0.15, 0.2) is 0 Å². The molecule has 0 bridgehead atoms. The van der Waals surface area contributed by atoms with Crippen LogP contribution in [0, 0.1) is 0 Å². The van der Waals surface area contributed by atoms with Gasteiger partial charge in [0, 0.05) is 17.6 Å². The zero-order valence-corrected chi connectivity index (χ0v) is 10.8.